The van der Waals surface area contributed by atoms with Crippen LogP contribution in [-0.2, 0) is 0 Å². The highest BCUT2D eigenvalue weighted by molar-refractivity contribution is 5.50. The van der Waals surface area contributed by atoms with Crippen molar-refractivity contribution < 1.29 is 9.13 Å². The fraction of sp³-hybridized carbons (Fsp3) is 0.0769. The maximum atomic E-state index is 13.4. The monoisotopic (exact) mass is 232 g/mol. The number of halogens is 1. The van der Waals surface area contributed by atoms with Crippen LogP contribution in [0, 0.1) is 12.7 Å². The molecule has 0 aromatic heterocycles. The summed E-state index contributed by atoms with van der Waals surface area (Å²) < 4.78 is 18.9. The molecule has 0 heterocycles. The van der Waals surface area contributed by atoms with Gasteiger partial charge in [-0.15, -0.1) is 0 Å². The van der Waals surface area contributed by atoms with Gasteiger partial charge in [0.15, 0.2) is 11.6 Å². The summed E-state index contributed by atoms with van der Waals surface area (Å²) >= 11 is 0. The van der Waals surface area contributed by atoms with Crippen LogP contribution in [0.2, 0.25) is 0 Å². The van der Waals surface area contributed by atoms with Gasteiger partial charge in [0.25, 0.3) is 0 Å². The molecule has 2 aromatic rings. The van der Waals surface area contributed by atoms with Crippen molar-refractivity contribution in [1.82, 2.24) is 0 Å². The lowest BCUT2D eigenvalue weighted by atomic mass is 10.2. The van der Waals surface area contributed by atoms with Crippen LogP contribution in [0.5, 0.6) is 11.5 Å². The predicted octanol–water partition coefficient (Wildman–Crippen LogP) is 3.21. The summed E-state index contributed by atoms with van der Waals surface area (Å²) in [6.45, 7) is 1.87. The van der Waals surface area contributed by atoms with Gasteiger partial charge >= 0.3 is 0 Å². The molecule has 0 radical (unpaired) electrons. The van der Waals surface area contributed by atoms with Gasteiger partial charge in [0.05, 0.1) is 0 Å². The van der Waals surface area contributed by atoms with E-state index < -0.39 is 0 Å². The first-order valence-electron chi connectivity index (χ1n) is 5.20. The molecule has 0 aliphatic carbocycles. The van der Waals surface area contributed by atoms with Gasteiger partial charge in [-0.25, -0.2) is 4.39 Å². The Balaban J connectivity index is 2.28. The molecule has 0 bridgehead atoms. The van der Waals surface area contributed by atoms with Crippen molar-refractivity contribution in [2.75, 3.05) is 5.43 Å². The smallest absolute Gasteiger partial charge is 0.165 e. The second-order valence-electron chi connectivity index (χ2n) is 3.66. The number of rotatable bonds is 3. The number of benzene rings is 2. The zero-order valence-electron chi connectivity index (χ0n) is 9.41. The second-order valence-corrected chi connectivity index (χ2v) is 3.66. The fourth-order valence-electron chi connectivity index (χ4n) is 1.50. The highest BCUT2D eigenvalue weighted by Crippen LogP contribution is 2.28. The van der Waals surface area contributed by atoms with E-state index in [2.05, 4.69) is 5.43 Å². The highest BCUT2D eigenvalue weighted by Gasteiger charge is 2.06. The van der Waals surface area contributed by atoms with Crippen LogP contribution in [0.1, 0.15) is 5.56 Å². The van der Waals surface area contributed by atoms with E-state index >= 15 is 0 Å². The van der Waals surface area contributed by atoms with E-state index in [1.807, 2.05) is 13.0 Å². The van der Waals surface area contributed by atoms with Crippen molar-refractivity contribution in [3.63, 3.8) is 0 Å². The van der Waals surface area contributed by atoms with E-state index in [1.54, 1.807) is 30.3 Å². The lowest BCUT2D eigenvalue weighted by Crippen LogP contribution is -2.06. The number of para-hydroxylation sites is 1. The third-order valence-electron chi connectivity index (χ3n) is 2.40. The zero-order chi connectivity index (χ0) is 12.3. The molecule has 0 aliphatic rings. The van der Waals surface area contributed by atoms with Crippen LogP contribution in [0.4, 0.5) is 10.1 Å². The number of ether oxygens (including phenoxy) is 1. The molecule has 4 heteroatoms. The lowest BCUT2D eigenvalue weighted by Gasteiger charge is -2.10. The summed E-state index contributed by atoms with van der Waals surface area (Å²) in [7, 11) is 0. The summed E-state index contributed by atoms with van der Waals surface area (Å²) in [5.74, 6) is 5.73. The maximum Gasteiger partial charge on any atom is 0.165 e. The van der Waals surface area contributed by atoms with Gasteiger partial charge in [0.2, 0.25) is 0 Å². The molecule has 88 valence electrons. The molecule has 0 spiro atoms. The first-order chi connectivity index (χ1) is 8.20. The van der Waals surface area contributed by atoms with E-state index in [4.69, 9.17) is 10.6 Å². The minimum Gasteiger partial charge on any atom is -0.454 e. The van der Waals surface area contributed by atoms with Crippen molar-refractivity contribution in [2.24, 2.45) is 5.84 Å². The van der Waals surface area contributed by atoms with Gasteiger partial charge in [0.1, 0.15) is 5.75 Å². The zero-order valence-corrected chi connectivity index (χ0v) is 9.41. The molecule has 0 fully saturated rings. The summed E-state index contributed by atoms with van der Waals surface area (Å²) in [5.41, 5.74) is 4.20. The topological polar surface area (TPSA) is 47.3 Å². The SMILES string of the molecule is Cc1cc(NN)ccc1Oc1ccccc1F. The molecule has 0 unspecified atom stereocenters. The Bertz CT molecular complexity index is 529. The first kappa shape index (κ1) is 11.4. The van der Waals surface area contributed by atoms with E-state index in [-0.39, 0.29) is 11.6 Å². The molecule has 17 heavy (non-hydrogen) atoms. The first-order valence-corrected chi connectivity index (χ1v) is 5.20. The van der Waals surface area contributed by atoms with E-state index in [9.17, 15) is 4.39 Å². The number of hydrazine groups is 1. The normalized spacial score (nSPS) is 10.1. The van der Waals surface area contributed by atoms with Crippen molar-refractivity contribution >= 4 is 5.69 Å². The van der Waals surface area contributed by atoms with Crippen LogP contribution >= 0.6 is 0 Å². The number of nitrogens with one attached hydrogen (secondary N) is 1. The molecule has 2 rings (SSSR count). The van der Waals surface area contributed by atoms with E-state index in [0.717, 1.165) is 11.3 Å². The Labute approximate surface area is 99.0 Å². The van der Waals surface area contributed by atoms with Crippen molar-refractivity contribution in [3.8, 4) is 11.5 Å². The number of hydrogen-bond acceptors (Lipinski definition) is 3. The lowest BCUT2D eigenvalue weighted by molar-refractivity contribution is 0.439. The van der Waals surface area contributed by atoms with Gasteiger partial charge in [-0.3, -0.25) is 5.84 Å². The Morgan fingerprint density at radius 3 is 2.53 bits per heavy atom. The largest absolute Gasteiger partial charge is 0.454 e. The Kier molecular flexibility index (Phi) is 3.25. The number of nitrogens with two attached hydrogens (primary N) is 1. The minimum absolute atomic E-state index is 0.212. The molecule has 0 atom stereocenters. The molecular formula is C13H13FN2O. The van der Waals surface area contributed by atoms with Crippen molar-refractivity contribution in [2.45, 2.75) is 6.92 Å². The van der Waals surface area contributed by atoms with Crippen molar-refractivity contribution in [1.29, 1.82) is 0 Å². The average molecular weight is 232 g/mol. The van der Waals surface area contributed by atoms with Gasteiger partial charge in [0, 0.05) is 5.69 Å². The quantitative estimate of drug-likeness (QED) is 0.631. The average Bonchev–Trinajstić information content (AvgIpc) is 2.34. The minimum atomic E-state index is -0.382. The van der Waals surface area contributed by atoms with Crippen LogP contribution in [0.15, 0.2) is 42.5 Å². The Hall–Kier alpha value is -2.07. The molecular weight excluding hydrogens is 219 g/mol. The Morgan fingerprint density at radius 1 is 1.12 bits per heavy atom. The van der Waals surface area contributed by atoms with Crippen LogP contribution in [0.3, 0.4) is 0 Å². The maximum absolute atomic E-state index is 13.4. The van der Waals surface area contributed by atoms with Crippen LogP contribution < -0.4 is 16.0 Å². The predicted molar refractivity (Wildman–Crippen MR) is 65.5 cm³/mol. The molecule has 0 saturated heterocycles. The van der Waals surface area contributed by atoms with E-state index in [1.165, 1.54) is 6.07 Å². The molecule has 3 nitrogen and oxygen atoms in total. The highest BCUT2D eigenvalue weighted by atomic mass is 19.1. The van der Waals surface area contributed by atoms with Gasteiger partial charge in [-0.1, -0.05) is 12.1 Å². The fourth-order valence-corrected chi connectivity index (χ4v) is 1.50. The molecule has 3 N–H and O–H groups in total. The summed E-state index contributed by atoms with van der Waals surface area (Å²) in [4.78, 5) is 0. The molecule has 0 aliphatic heterocycles. The number of hydrogen-bond donors (Lipinski definition) is 2. The van der Waals surface area contributed by atoms with Gasteiger partial charge in [-0.2, -0.15) is 0 Å². The summed E-state index contributed by atoms with van der Waals surface area (Å²) in [6, 6.07) is 11.6. The molecule has 0 saturated carbocycles. The van der Waals surface area contributed by atoms with Crippen molar-refractivity contribution in [3.05, 3.63) is 53.8 Å². The summed E-state index contributed by atoms with van der Waals surface area (Å²) in [6.07, 6.45) is 0. The standard InChI is InChI=1S/C13H13FN2O/c1-9-8-10(16-15)6-7-12(9)17-13-5-3-2-4-11(13)14/h2-8,16H,15H2,1H3. The van der Waals surface area contributed by atoms with Gasteiger partial charge in [-0.05, 0) is 42.8 Å². The number of aryl methyl sites for hydroxylation is 1. The van der Waals surface area contributed by atoms with Gasteiger partial charge < -0.3 is 10.2 Å². The third-order valence-corrected chi connectivity index (χ3v) is 2.40. The third kappa shape index (κ3) is 2.54. The molecule has 2 aromatic carbocycles. The van der Waals surface area contributed by atoms with Crippen LogP contribution in [0.25, 0.3) is 0 Å². The number of nitrogen functional groups attached to an aromatic ring is 1. The van der Waals surface area contributed by atoms with E-state index in [0.29, 0.717) is 5.75 Å². The molecule has 0 amide bonds. The number of anilines is 1. The van der Waals surface area contributed by atoms with Crippen LogP contribution in [-0.4, -0.2) is 0 Å². The summed E-state index contributed by atoms with van der Waals surface area (Å²) in [5, 5.41) is 0. The second kappa shape index (κ2) is 4.84. The Morgan fingerprint density at radius 2 is 1.88 bits per heavy atom.